The molecule has 33 heavy (non-hydrogen) atoms. The van der Waals surface area contributed by atoms with E-state index in [1.807, 2.05) is 30.3 Å². The lowest BCUT2D eigenvalue weighted by Gasteiger charge is -2.35. The molecule has 1 saturated heterocycles. The molecule has 0 spiro atoms. The van der Waals surface area contributed by atoms with Crippen LogP contribution in [0.5, 0.6) is 0 Å². The number of Topliss-reactive ketones (excluding diaryl/α,β-unsaturated/α-hetero) is 1. The third-order valence-corrected chi connectivity index (χ3v) is 6.52. The van der Waals surface area contributed by atoms with E-state index in [2.05, 4.69) is 12.1 Å². The summed E-state index contributed by atoms with van der Waals surface area (Å²) in [6.07, 6.45) is 3.60. The lowest BCUT2D eigenvalue weighted by molar-refractivity contribution is 0.0951. The number of hydrogen-bond acceptors (Lipinski definition) is 4. The van der Waals surface area contributed by atoms with E-state index in [1.54, 1.807) is 17.0 Å². The molecular formula is C27H17F2N3O. The van der Waals surface area contributed by atoms with Crippen molar-refractivity contribution in [2.24, 2.45) is 5.41 Å². The van der Waals surface area contributed by atoms with Crippen LogP contribution in [-0.4, -0.2) is 17.9 Å². The van der Waals surface area contributed by atoms with Gasteiger partial charge in [-0.1, -0.05) is 42.5 Å². The van der Waals surface area contributed by atoms with Crippen molar-refractivity contribution < 1.29 is 13.6 Å². The Balaban J connectivity index is 1.79. The summed E-state index contributed by atoms with van der Waals surface area (Å²) in [6, 6.07) is 20.9. The summed E-state index contributed by atoms with van der Waals surface area (Å²) in [7, 11) is 0. The Morgan fingerprint density at radius 2 is 1.64 bits per heavy atom. The van der Waals surface area contributed by atoms with Gasteiger partial charge in [-0.15, -0.1) is 0 Å². The second-order valence-electron chi connectivity index (χ2n) is 8.21. The van der Waals surface area contributed by atoms with Gasteiger partial charge in [0.15, 0.2) is 11.2 Å². The Morgan fingerprint density at radius 3 is 2.33 bits per heavy atom. The molecule has 0 bridgehead atoms. The first-order valence-electron chi connectivity index (χ1n) is 10.4. The number of carbonyl (C=O) groups excluding carboxylic acids is 1. The number of anilines is 1. The van der Waals surface area contributed by atoms with Crippen molar-refractivity contribution in [3.63, 3.8) is 0 Å². The number of fused-ring (bicyclic) bond motifs is 3. The Labute approximate surface area is 189 Å². The highest BCUT2D eigenvalue weighted by molar-refractivity contribution is 6.04. The zero-order valence-corrected chi connectivity index (χ0v) is 17.3. The maximum Gasteiger partial charge on any atom is 0.185 e. The van der Waals surface area contributed by atoms with E-state index in [0.29, 0.717) is 11.3 Å². The normalized spacial score (nSPS) is 22.1. The Kier molecular flexibility index (Phi) is 4.80. The van der Waals surface area contributed by atoms with Gasteiger partial charge in [-0.05, 0) is 53.6 Å². The largest absolute Gasteiger partial charge is 0.351 e. The number of para-hydroxylation sites is 1. The number of hydrogen-bond donors (Lipinski definition) is 0. The average molecular weight is 437 g/mol. The summed E-state index contributed by atoms with van der Waals surface area (Å²) in [5.74, 6) is -2.31. The molecule has 3 aromatic rings. The number of ketones is 1. The molecule has 0 amide bonds. The summed E-state index contributed by atoms with van der Waals surface area (Å²) in [4.78, 5) is 15.7. The van der Waals surface area contributed by atoms with E-state index in [4.69, 9.17) is 0 Å². The third-order valence-electron chi connectivity index (χ3n) is 6.52. The van der Waals surface area contributed by atoms with Crippen molar-refractivity contribution in [2.45, 2.75) is 18.0 Å². The number of benzene rings is 3. The molecule has 3 unspecified atom stereocenters. The summed E-state index contributed by atoms with van der Waals surface area (Å²) < 4.78 is 27.8. The maximum atomic E-state index is 14.3. The van der Waals surface area contributed by atoms with E-state index in [0.717, 1.165) is 5.56 Å². The lowest BCUT2D eigenvalue weighted by Crippen LogP contribution is -2.44. The molecule has 2 aliphatic rings. The van der Waals surface area contributed by atoms with E-state index in [1.165, 1.54) is 42.5 Å². The third kappa shape index (κ3) is 3.03. The zero-order valence-electron chi connectivity index (χ0n) is 17.3. The molecule has 1 fully saturated rings. The SMILES string of the molecule is N#CC1(C#N)C(c2cccc(F)c2)C(C(=O)c2ccc(F)cc2)N2c3ccccc3C=CC21. The molecular weight excluding hydrogens is 420 g/mol. The Bertz CT molecular complexity index is 1350. The van der Waals surface area contributed by atoms with Crippen molar-refractivity contribution in [1.29, 1.82) is 10.5 Å². The highest BCUT2D eigenvalue weighted by Gasteiger charge is 2.63. The van der Waals surface area contributed by atoms with E-state index in [9.17, 15) is 24.1 Å². The van der Waals surface area contributed by atoms with E-state index >= 15 is 0 Å². The first kappa shape index (κ1) is 20.6. The van der Waals surface area contributed by atoms with Gasteiger partial charge in [-0.25, -0.2) is 8.78 Å². The van der Waals surface area contributed by atoms with Crippen LogP contribution in [0.1, 0.15) is 27.4 Å². The fourth-order valence-corrected chi connectivity index (χ4v) is 5.09. The van der Waals surface area contributed by atoms with Crippen LogP contribution in [0.2, 0.25) is 0 Å². The van der Waals surface area contributed by atoms with E-state index < -0.39 is 35.1 Å². The van der Waals surface area contributed by atoms with Gasteiger partial charge in [0, 0.05) is 17.2 Å². The van der Waals surface area contributed by atoms with Gasteiger partial charge in [-0.2, -0.15) is 10.5 Å². The van der Waals surface area contributed by atoms with E-state index in [-0.39, 0.29) is 11.3 Å². The molecule has 0 radical (unpaired) electrons. The number of carbonyl (C=O) groups is 1. The van der Waals surface area contributed by atoms with Crippen LogP contribution in [-0.2, 0) is 0 Å². The number of nitrogens with zero attached hydrogens (tertiary/aromatic N) is 3. The monoisotopic (exact) mass is 437 g/mol. The molecule has 6 heteroatoms. The molecule has 0 aliphatic carbocycles. The highest BCUT2D eigenvalue weighted by Crippen LogP contribution is 2.55. The topological polar surface area (TPSA) is 67.9 Å². The van der Waals surface area contributed by atoms with Crippen molar-refractivity contribution in [1.82, 2.24) is 0 Å². The van der Waals surface area contributed by atoms with Crippen molar-refractivity contribution in [3.8, 4) is 12.1 Å². The van der Waals surface area contributed by atoms with Gasteiger partial charge < -0.3 is 4.90 Å². The molecule has 160 valence electrons. The highest BCUT2D eigenvalue weighted by atomic mass is 19.1. The molecule has 4 nitrogen and oxygen atoms in total. The van der Waals surface area contributed by atoms with Crippen LogP contribution in [0.15, 0.2) is 78.9 Å². The first-order valence-corrected chi connectivity index (χ1v) is 10.4. The average Bonchev–Trinajstić information content (AvgIpc) is 3.15. The summed E-state index contributed by atoms with van der Waals surface area (Å²) in [5.41, 5.74) is 0.534. The van der Waals surface area contributed by atoms with Crippen molar-refractivity contribution in [3.05, 3.63) is 107 Å². The number of rotatable bonds is 3. The summed E-state index contributed by atoms with van der Waals surface area (Å²) in [6.45, 7) is 0. The number of halogens is 2. The van der Waals surface area contributed by atoms with Gasteiger partial charge in [-0.3, -0.25) is 4.79 Å². The lowest BCUT2D eigenvalue weighted by atomic mass is 9.69. The smallest absolute Gasteiger partial charge is 0.185 e. The molecule has 0 aromatic heterocycles. The molecule has 3 aromatic carbocycles. The van der Waals surface area contributed by atoms with Crippen LogP contribution in [0, 0.1) is 39.7 Å². The fourth-order valence-electron chi connectivity index (χ4n) is 5.09. The second-order valence-corrected chi connectivity index (χ2v) is 8.21. The van der Waals surface area contributed by atoms with Gasteiger partial charge in [0.1, 0.15) is 17.7 Å². The van der Waals surface area contributed by atoms with Crippen LogP contribution >= 0.6 is 0 Å². The predicted molar refractivity (Wildman–Crippen MR) is 119 cm³/mol. The molecule has 2 aliphatic heterocycles. The van der Waals surface area contributed by atoms with Crippen molar-refractivity contribution >= 4 is 17.5 Å². The fraction of sp³-hybridized carbons (Fsp3) is 0.148. The molecule has 2 heterocycles. The van der Waals surface area contributed by atoms with Gasteiger partial charge >= 0.3 is 0 Å². The minimum absolute atomic E-state index is 0.250. The second kappa shape index (κ2) is 7.69. The molecule has 0 saturated carbocycles. The molecule has 0 N–H and O–H groups in total. The minimum Gasteiger partial charge on any atom is -0.351 e. The first-order chi connectivity index (χ1) is 16.0. The van der Waals surface area contributed by atoms with Crippen molar-refractivity contribution in [2.75, 3.05) is 4.90 Å². The summed E-state index contributed by atoms with van der Waals surface area (Å²) in [5, 5.41) is 20.6. The maximum absolute atomic E-state index is 14.3. The number of nitriles is 2. The van der Waals surface area contributed by atoms with Crippen LogP contribution in [0.4, 0.5) is 14.5 Å². The van der Waals surface area contributed by atoms with Crippen LogP contribution < -0.4 is 4.90 Å². The van der Waals surface area contributed by atoms with Gasteiger partial charge in [0.05, 0.1) is 18.2 Å². The minimum atomic E-state index is -1.65. The van der Waals surface area contributed by atoms with Crippen LogP contribution in [0.25, 0.3) is 6.08 Å². The molecule has 5 rings (SSSR count). The Hall–Kier alpha value is -4.29. The summed E-state index contributed by atoms with van der Waals surface area (Å²) >= 11 is 0. The van der Waals surface area contributed by atoms with Gasteiger partial charge in [0.2, 0.25) is 0 Å². The predicted octanol–water partition coefficient (Wildman–Crippen LogP) is 5.25. The van der Waals surface area contributed by atoms with Gasteiger partial charge in [0.25, 0.3) is 0 Å². The quantitative estimate of drug-likeness (QED) is 0.525. The standard InChI is InChI=1S/C27H17F2N3O/c28-20-11-8-18(9-12-20)26(33)25-24(19-5-3-6-21(29)14-19)27(15-30,16-31)23-13-10-17-4-1-2-7-22(17)32(23)25/h1-14,23-25H. The zero-order chi connectivity index (χ0) is 23.2. The molecule has 3 atom stereocenters. The van der Waals surface area contributed by atoms with Crippen LogP contribution in [0.3, 0.4) is 0 Å². The Morgan fingerprint density at radius 1 is 0.909 bits per heavy atom.